The fourth-order valence-corrected chi connectivity index (χ4v) is 3.31. The Morgan fingerprint density at radius 1 is 1.47 bits per heavy atom. The van der Waals surface area contributed by atoms with Crippen molar-refractivity contribution in [3.05, 3.63) is 29.3 Å². The molecule has 1 aromatic carbocycles. The lowest BCUT2D eigenvalue weighted by Crippen LogP contribution is -2.32. The molecule has 0 saturated carbocycles. The van der Waals surface area contributed by atoms with E-state index in [-0.39, 0.29) is 10.9 Å². The predicted octanol–water partition coefficient (Wildman–Crippen LogP) is 3.18. The standard InChI is InChI=1S/C11H15BrClNO2S/c1-9(4-3-7-12)14-17(15,16)11-6-2-5-10(13)8-11/h2,5-6,8-9,14H,3-4,7H2,1H3. The lowest BCUT2D eigenvalue weighted by atomic mass is 10.2. The fraction of sp³-hybridized carbons (Fsp3) is 0.455. The van der Waals surface area contributed by atoms with E-state index >= 15 is 0 Å². The molecular formula is C11H15BrClNO2S. The molecule has 3 nitrogen and oxygen atoms in total. The average molecular weight is 341 g/mol. The van der Waals surface area contributed by atoms with Gasteiger partial charge in [0.15, 0.2) is 0 Å². The van der Waals surface area contributed by atoms with Gasteiger partial charge in [0.2, 0.25) is 10.0 Å². The second-order valence-electron chi connectivity index (χ2n) is 3.81. The summed E-state index contributed by atoms with van der Waals surface area (Å²) in [5, 5.41) is 1.29. The lowest BCUT2D eigenvalue weighted by molar-refractivity contribution is 0.545. The maximum absolute atomic E-state index is 12.0. The molecule has 0 aliphatic rings. The molecule has 0 radical (unpaired) electrons. The van der Waals surface area contributed by atoms with Gasteiger partial charge in [-0.15, -0.1) is 0 Å². The highest BCUT2D eigenvalue weighted by atomic mass is 79.9. The predicted molar refractivity (Wildman–Crippen MR) is 74.3 cm³/mol. The Morgan fingerprint density at radius 3 is 2.76 bits per heavy atom. The van der Waals surface area contributed by atoms with Crippen LogP contribution < -0.4 is 4.72 Å². The van der Waals surface area contributed by atoms with Crippen LogP contribution in [0.1, 0.15) is 19.8 Å². The third-order valence-corrected chi connectivity index (χ3v) is 4.62. The van der Waals surface area contributed by atoms with Gasteiger partial charge in [-0.1, -0.05) is 33.6 Å². The van der Waals surface area contributed by atoms with Crippen molar-refractivity contribution in [1.82, 2.24) is 4.72 Å². The Balaban J connectivity index is 2.75. The Hall–Kier alpha value is -0.100. The number of benzene rings is 1. The van der Waals surface area contributed by atoms with Crippen LogP contribution in [0.4, 0.5) is 0 Å². The van der Waals surface area contributed by atoms with Crippen molar-refractivity contribution < 1.29 is 8.42 Å². The third-order valence-electron chi connectivity index (χ3n) is 2.23. The number of halogens is 2. The second-order valence-corrected chi connectivity index (χ2v) is 6.75. The smallest absolute Gasteiger partial charge is 0.208 e. The molecule has 0 bridgehead atoms. The van der Waals surface area contributed by atoms with Crippen molar-refractivity contribution in [1.29, 1.82) is 0 Å². The number of hydrogen-bond acceptors (Lipinski definition) is 2. The molecule has 0 aliphatic carbocycles. The van der Waals surface area contributed by atoms with Crippen LogP contribution in [0.3, 0.4) is 0 Å². The van der Waals surface area contributed by atoms with Gasteiger partial charge in [-0.05, 0) is 38.0 Å². The van der Waals surface area contributed by atoms with Crippen LogP contribution in [0, 0.1) is 0 Å². The zero-order valence-corrected chi connectivity index (χ0v) is 12.6. The summed E-state index contributed by atoms with van der Waals surface area (Å²) >= 11 is 9.09. The Bertz CT molecular complexity index is 464. The summed E-state index contributed by atoms with van der Waals surface area (Å²) in [6, 6.07) is 6.16. The van der Waals surface area contributed by atoms with Crippen LogP contribution in [-0.2, 0) is 10.0 Å². The van der Waals surface area contributed by atoms with Crippen molar-refractivity contribution in [2.75, 3.05) is 5.33 Å². The van der Waals surface area contributed by atoms with Gasteiger partial charge in [-0.2, -0.15) is 0 Å². The molecule has 0 heterocycles. The largest absolute Gasteiger partial charge is 0.240 e. The van der Waals surface area contributed by atoms with Gasteiger partial charge >= 0.3 is 0 Å². The molecule has 1 rings (SSSR count). The summed E-state index contributed by atoms with van der Waals surface area (Å²) in [7, 11) is -3.46. The van der Waals surface area contributed by atoms with Gasteiger partial charge in [-0.25, -0.2) is 13.1 Å². The van der Waals surface area contributed by atoms with E-state index in [0.29, 0.717) is 5.02 Å². The molecule has 96 valence electrons. The summed E-state index contributed by atoms with van der Waals surface area (Å²) in [4.78, 5) is 0.204. The van der Waals surface area contributed by atoms with Gasteiger partial charge in [0, 0.05) is 16.4 Å². The number of sulfonamides is 1. The van der Waals surface area contributed by atoms with Crippen molar-refractivity contribution in [2.24, 2.45) is 0 Å². The molecule has 0 aliphatic heterocycles. The number of nitrogens with one attached hydrogen (secondary N) is 1. The van der Waals surface area contributed by atoms with Gasteiger partial charge < -0.3 is 0 Å². The van der Waals surface area contributed by atoms with Crippen molar-refractivity contribution in [3.63, 3.8) is 0 Å². The monoisotopic (exact) mass is 339 g/mol. The molecule has 1 atom stereocenters. The first-order valence-corrected chi connectivity index (χ1v) is 8.28. The second kappa shape index (κ2) is 6.73. The first-order valence-electron chi connectivity index (χ1n) is 5.29. The number of alkyl halides is 1. The zero-order valence-electron chi connectivity index (χ0n) is 9.49. The number of rotatable bonds is 6. The third kappa shape index (κ3) is 4.95. The Kier molecular flexibility index (Phi) is 5.92. The van der Waals surface area contributed by atoms with Crippen LogP contribution in [0.25, 0.3) is 0 Å². The molecule has 6 heteroatoms. The molecule has 1 aromatic rings. The van der Waals surface area contributed by atoms with Crippen molar-refractivity contribution >= 4 is 37.6 Å². The van der Waals surface area contributed by atoms with E-state index in [4.69, 9.17) is 11.6 Å². The SMILES string of the molecule is CC(CCCBr)NS(=O)(=O)c1cccc(Cl)c1. The van der Waals surface area contributed by atoms with Crippen molar-refractivity contribution in [2.45, 2.75) is 30.7 Å². The lowest BCUT2D eigenvalue weighted by Gasteiger charge is -2.13. The van der Waals surface area contributed by atoms with Gasteiger partial charge in [-0.3, -0.25) is 0 Å². The molecule has 0 spiro atoms. The van der Waals surface area contributed by atoms with Crippen LogP contribution in [0.2, 0.25) is 5.02 Å². The van der Waals surface area contributed by atoms with Crippen LogP contribution in [0.15, 0.2) is 29.2 Å². The summed E-state index contributed by atoms with van der Waals surface area (Å²) in [6.07, 6.45) is 1.73. The van der Waals surface area contributed by atoms with Gasteiger partial charge in [0.05, 0.1) is 4.90 Å². The fourth-order valence-electron chi connectivity index (χ4n) is 1.41. The highest BCUT2D eigenvalue weighted by Gasteiger charge is 2.17. The molecule has 1 N–H and O–H groups in total. The maximum Gasteiger partial charge on any atom is 0.240 e. The van der Waals surface area contributed by atoms with Gasteiger partial charge in [0.1, 0.15) is 0 Å². The minimum atomic E-state index is -3.46. The Labute approximate surface area is 116 Å². The van der Waals surface area contributed by atoms with E-state index < -0.39 is 10.0 Å². The highest BCUT2D eigenvalue weighted by molar-refractivity contribution is 9.09. The van der Waals surface area contributed by atoms with Crippen LogP contribution >= 0.6 is 27.5 Å². The van der Waals surface area contributed by atoms with E-state index in [9.17, 15) is 8.42 Å². The number of hydrogen-bond donors (Lipinski definition) is 1. The van der Waals surface area contributed by atoms with E-state index in [1.165, 1.54) is 12.1 Å². The van der Waals surface area contributed by atoms with E-state index in [1.807, 2.05) is 6.92 Å². The molecule has 0 aromatic heterocycles. The molecule has 1 unspecified atom stereocenters. The first kappa shape index (κ1) is 15.0. The minimum Gasteiger partial charge on any atom is -0.208 e. The highest BCUT2D eigenvalue weighted by Crippen LogP contribution is 2.16. The minimum absolute atomic E-state index is 0.0865. The van der Waals surface area contributed by atoms with Crippen LogP contribution in [0.5, 0.6) is 0 Å². The normalized spacial score (nSPS) is 13.6. The summed E-state index contributed by atoms with van der Waals surface area (Å²) < 4.78 is 26.6. The molecular weight excluding hydrogens is 326 g/mol. The average Bonchev–Trinajstić information content (AvgIpc) is 2.26. The topological polar surface area (TPSA) is 46.2 Å². The Morgan fingerprint density at radius 2 is 2.18 bits per heavy atom. The summed E-state index contributed by atoms with van der Waals surface area (Å²) in [5.74, 6) is 0. The maximum atomic E-state index is 12.0. The van der Waals surface area contributed by atoms with E-state index in [2.05, 4.69) is 20.7 Å². The molecule has 0 fully saturated rings. The molecule has 17 heavy (non-hydrogen) atoms. The molecule has 0 amide bonds. The molecule has 0 saturated heterocycles. The zero-order chi connectivity index (χ0) is 12.9. The summed E-state index contributed by atoms with van der Waals surface area (Å²) in [6.45, 7) is 1.85. The first-order chi connectivity index (χ1) is 7.95. The van der Waals surface area contributed by atoms with Crippen LogP contribution in [-0.4, -0.2) is 19.8 Å². The quantitative estimate of drug-likeness (QED) is 0.808. The van der Waals surface area contributed by atoms with E-state index in [0.717, 1.165) is 18.2 Å². The van der Waals surface area contributed by atoms with Gasteiger partial charge in [0.25, 0.3) is 0 Å². The van der Waals surface area contributed by atoms with E-state index in [1.54, 1.807) is 12.1 Å². The summed E-state index contributed by atoms with van der Waals surface area (Å²) in [5.41, 5.74) is 0. The van der Waals surface area contributed by atoms with Crippen molar-refractivity contribution in [3.8, 4) is 0 Å².